The van der Waals surface area contributed by atoms with Gasteiger partial charge < -0.3 is 13.9 Å². The molecule has 3 rings (SSSR count). The topological polar surface area (TPSA) is 67.8 Å². The minimum absolute atomic E-state index is 0.303. The van der Waals surface area contributed by atoms with Crippen LogP contribution in [-0.2, 0) is 6.61 Å². The van der Waals surface area contributed by atoms with Crippen molar-refractivity contribution in [2.24, 2.45) is 4.99 Å². The molecular weight excluding hydrogens is 420 g/mol. The number of ether oxygens (including phenoxy) is 2. The molecule has 5 nitrogen and oxygen atoms in total. The summed E-state index contributed by atoms with van der Waals surface area (Å²) in [6.45, 7) is 4.09. The van der Waals surface area contributed by atoms with Crippen LogP contribution in [0.1, 0.15) is 28.0 Å². The van der Waals surface area contributed by atoms with Crippen LogP contribution >= 0.6 is 15.9 Å². The molecular formula is C22H19BrN2O3. The van der Waals surface area contributed by atoms with Gasteiger partial charge in [-0.1, -0.05) is 30.3 Å². The van der Waals surface area contributed by atoms with Crippen molar-refractivity contribution < 1.29 is 13.9 Å². The number of halogens is 1. The van der Waals surface area contributed by atoms with Gasteiger partial charge in [0.25, 0.3) is 0 Å². The predicted molar refractivity (Wildman–Crippen MR) is 112 cm³/mol. The van der Waals surface area contributed by atoms with Gasteiger partial charge in [-0.25, -0.2) is 4.99 Å². The molecule has 0 unspecified atom stereocenters. The number of rotatable bonds is 6. The van der Waals surface area contributed by atoms with Crippen LogP contribution in [0.5, 0.6) is 11.5 Å². The van der Waals surface area contributed by atoms with Crippen LogP contribution in [-0.4, -0.2) is 13.3 Å². The van der Waals surface area contributed by atoms with E-state index in [4.69, 9.17) is 13.9 Å². The van der Waals surface area contributed by atoms with Crippen LogP contribution in [0.4, 0.5) is 5.88 Å². The Morgan fingerprint density at radius 3 is 2.64 bits per heavy atom. The first kappa shape index (κ1) is 19.7. The number of hydrogen-bond acceptors (Lipinski definition) is 5. The monoisotopic (exact) mass is 438 g/mol. The van der Waals surface area contributed by atoms with Crippen LogP contribution in [0.2, 0.25) is 0 Å². The highest BCUT2D eigenvalue weighted by Crippen LogP contribution is 2.37. The number of aryl methyl sites for hydroxylation is 1. The summed E-state index contributed by atoms with van der Waals surface area (Å²) < 4.78 is 17.7. The van der Waals surface area contributed by atoms with E-state index in [1.54, 1.807) is 13.3 Å². The van der Waals surface area contributed by atoms with Gasteiger partial charge in [-0.2, -0.15) is 5.26 Å². The zero-order chi connectivity index (χ0) is 20.1. The average molecular weight is 439 g/mol. The van der Waals surface area contributed by atoms with Crippen LogP contribution < -0.4 is 9.47 Å². The van der Waals surface area contributed by atoms with Crippen molar-refractivity contribution in [3.8, 4) is 17.6 Å². The normalized spacial score (nSPS) is 10.8. The Bertz CT molecular complexity index is 1050. The van der Waals surface area contributed by atoms with E-state index >= 15 is 0 Å². The van der Waals surface area contributed by atoms with E-state index < -0.39 is 0 Å². The lowest BCUT2D eigenvalue weighted by atomic mass is 10.2. The molecule has 0 atom stereocenters. The van der Waals surface area contributed by atoms with Crippen LogP contribution in [0, 0.1) is 25.2 Å². The highest BCUT2D eigenvalue weighted by molar-refractivity contribution is 9.10. The number of aliphatic imine (C=N–C) groups is 1. The Kier molecular flexibility index (Phi) is 6.17. The molecule has 0 saturated carbocycles. The summed E-state index contributed by atoms with van der Waals surface area (Å²) in [6.07, 6.45) is 1.63. The molecule has 0 bridgehead atoms. The third-order valence-electron chi connectivity index (χ3n) is 4.29. The van der Waals surface area contributed by atoms with Crippen molar-refractivity contribution in [3.05, 3.63) is 75.0 Å². The summed E-state index contributed by atoms with van der Waals surface area (Å²) in [5, 5.41) is 9.30. The van der Waals surface area contributed by atoms with Gasteiger partial charge in [-0.3, -0.25) is 0 Å². The van der Waals surface area contributed by atoms with E-state index in [0.29, 0.717) is 35.3 Å². The quantitative estimate of drug-likeness (QED) is 0.451. The molecule has 0 aliphatic carbocycles. The molecule has 0 aliphatic rings. The summed E-state index contributed by atoms with van der Waals surface area (Å²) in [6, 6.07) is 15.7. The highest BCUT2D eigenvalue weighted by Gasteiger charge is 2.14. The number of nitriles is 1. The van der Waals surface area contributed by atoms with Crippen LogP contribution in [0.15, 0.2) is 56.3 Å². The molecule has 0 aliphatic heterocycles. The van der Waals surface area contributed by atoms with Crippen LogP contribution in [0.25, 0.3) is 0 Å². The van der Waals surface area contributed by atoms with Gasteiger partial charge in [-0.15, -0.1) is 0 Å². The summed E-state index contributed by atoms with van der Waals surface area (Å²) >= 11 is 3.54. The Morgan fingerprint density at radius 2 is 1.96 bits per heavy atom. The Labute approximate surface area is 172 Å². The lowest BCUT2D eigenvalue weighted by Gasteiger charge is -2.13. The molecule has 3 aromatic rings. The first-order chi connectivity index (χ1) is 13.5. The lowest BCUT2D eigenvalue weighted by Crippen LogP contribution is -1.99. The summed E-state index contributed by atoms with van der Waals surface area (Å²) in [5.74, 6) is 2.19. The predicted octanol–water partition coefficient (Wildman–Crippen LogP) is 5.87. The van der Waals surface area contributed by atoms with E-state index in [1.165, 1.54) is 0 Å². The second-order valence-electron chi connectivity index (χ2n) is 6.14. The smallest absolute Gasteiger partial charge is 0.237 e. The molecule has 6 heteroatoms. The molecule has 0 N–H and O–H groups in total. The molecule has 0 fully saturated rings. The Morgan fingerprint density at radius 1 is 1.21 bits per heavy atom. The third kappa shape index (κ3) is 4.26. The second-order valence-corrected chi connectivity index (χ2v) is 7.00. The van der Waals surface area contributed by atoms with E-state index in [-0.39, 0.29) is 0 Å². The maximum Gasteiger partial charge on any atom is 0.237 e. The number of furan rings is 1. The van der Waals surface area contributed by atoms with Crippen molar-refractivity contribution >= 4 is 28.0 Å². The third-order valence-corrected chi connectivity index (χ3v) is 4.88. The average Bonchev–Trinajstić information content (AvgIpc) is 2.98. The summed E-state index contributed by atoms with van der Waals surface area (Å²) in [7, 11) is 1.59. The van der Waals surface area contributed by atoms with Gasteiger partial charge >= 0.3 is 0 Å². The van der Waals surface area contributed by atoms with Gasteiger partial charge in [-0.05, 0) is 53.0 Å². The largest absolute Gasteiger partial charge is 0.493 e. The number of benzene rings is 2. The first-order valence-corrected chi connectivity index (χ1v) is 9.41. The van der Waals surface area contributed by atoms with E-state index in [9.17, 15) is 5.26 Å². The first-order valence-electron chi connectivity index (χ1n) is 8.62. The minimum atomic E-state index is 0.303. The standard InChI is InChI=1S/C22H19BrN2O3/c1-14-15(2)28-22(18(14)11-24)25-12-17-9-19(23)21(20(10-17)26-3)27-13-16-7-5-4-6-8-16/h4-10,12H,13H2,1-3H3/b25-12+. The molecule has 0 amide bonds. The van der Waals surface area contributed by atoms with Crippen molar-refractivity contribution in [2.45, 2.75) is 20.5 Å². The fraction of sp³-hybridized carbons (Fsp3) is 0.182. The zero-order valence-corrected chi connectivity index (χ0v) is 17.4. The maximum atomic E-state index is 9.30. The molecule has 2 aromatic carbocycles. The number of methoxy groups -OCH3 is 1. The summed E-state index contributed by atoms with van der Waals surface area (Å²) in [5.41, 5.74) is 3.10. The molecule has 1 aromatic heterocycles. The summed E-state index contributed by atoms with van der Waals surface area (Å²) in [4.78, 5) is 4.34. The minimum Gasteiger partial charge on any atom is -0.493 e. The van der Waals surface area contributed by atoms with Gasteiger partial charge in [0.2, 0.25) is 5.88 Å². The van der Waals surface area contributed by atoms with Crippen LogP contribution in [0.3, 0.4) is 0 Å². The molecule has 1 heterocycles. The van der Waals surface area contributed by atoms with Crippen molar-refractivity contribution in [2.75, 3.05) is 7.11 Å². The Hall–Kier alpha value is -3.04. The van der Waals surface area contributed by atoms with Crippen molar-refractivity contribution in [1.82, 2.24) is 0 Å². The molecule has 0 saturated heterocycles. The Balaban J connectivity index is 1.85. The lowest BCUT2D eigenvalue weighted by molar-refractivity contribution is 0.282. The van der Waals surface area contributed by atoms with E-state index in [2.05, 4.69) is 27.0 Å². The molecule has 0 radical (unpaired) electrons. The van der Waals surface area contributed by atoms with Gasteiger partial charge in [0.15, 0.2) is 11.5 Å². The van der Waals surface area contributed by atoms with Gasteiger partial charge in [0.1, 0.15) is 24.0 Å². The van der Waals surface area contributed by atoms with Gasteiger partial charge in [0, 0.05) is 11.8 Å². The second kappa shape index (κ2) is 8.77. The fourth-order valence-electron chi connectivity index (χ4n) is 2.65. The SMILES string of the molecule is COc1cc(/C=N/c2oc(C)c(C)c2C#N)cc(Br)c1OCc1ccccc1. The zero-order valence-electron chi connectivity index (χ0n) is 15.8. The number of nitrogens with zero attached hydrogens (tertiary/aromatic N) is 2. The van der Waals surface area contributed by atoms with Crippen molar-refractivity contribution in [1.29, 1.82) is 5.26 Å². The molecule has 142 valence electrons. The fourth-order valence-corrected chi connectivity index (χ4v) is 3.22. The maximum absolute atomic E-state index is 9.30. The number of hydrogen-bond donors (Lipinski definition) is 0. The molecule has 28 heavy (non-hydrogen) atoms. The highest BCUT2D eigenvalue weighted by atomic mass is 79.9. The van der Waals surface area contributed by atoms with E-state index in [0.717, 1.165) is 21.2 Å². The van der Waals surface area contributed by atoms with Crippen molar-refractivity contribution in [3.63, 3.8) is 0 Å². The molecule has 0 spiro atoms. The van der Waals surface area contributed by atoms with Gasteiger partial charge in [0.05, 0.1) is 11.6 Å². The van der Waals surface area contributed by atoms with E-state index in [1.807, 2.05) is 56.3 Å².